The molecule has 0 aromatic heterocycles. The van der Waals surface area contributed by atoms with Gasteiger partial charge in [-0.15, -0.1) is 0 Å². The van der Waals surface area contributed by atoms with E-state index in [-0.39, 0.29) is 16.3 Å². The Morgan fingerprint density at radius 1 is 1.36 bits per heavy atom. The lowest BCUT2D eigenvalue weighted by Crippen LogP contribution is -2.43. The molecule has 7 heteroatoms. The number of rotatable bonds is 3. The molecule has 22 heavy (non-hydrogen) atoms. The first-order chi connectivity index (χ1) is 10.1. The lowest BCUT2D eigenvalue weighted by Gasteiger charge is -2.38. The van der Waals surface area contributed by atoms with Gasteiger partial charge in [0, 0.05) is 18.8 Å². The van der Waals surface area contributed by atoms with Crippen molar-refractivity contribution in [3.63, 3.8) is 0 Å². The van der Waals surface area contributed by atoms with Crippen LogP contribution in [0.25, 0.3) is 0 Å². The van der Waals surface area contributed by atoms with Gasteiger partial charge in [0.15, 0.2) is 0 Å². The minimum Gasteiger partial charge on any atom is -0.338 e. The van der Waals surface area contributed by atoms with Crippen LogP contribution in [0.3, 0.4) is 0 Å². The summed E-state index contributed by atoms with van der Waals surface area (Å²) in [5.74, 6) is -0.108. The molecule has 2 rings (SSSR count). The van der Waals surface area contributed by atoms with Gasteiger partial charge in [-0.1, -0.05) is 25.4 Å². The van der Waals surface area contributed by atoms with Crippen molar-refractivity contribution in [1.29, 1.82) is 0 Å². The van der Waals surface area contributed by atoms with Crippen LogP contribution in [0.2, 0.25) is 5.02 Å². The summed E-state index contributed by atoms with van der Waals surface area (Å²) in [5, 5.41) is 0.252. The highest BCUT2D eigenvalue weighted by atomic mass is 35.5. The van der Waals surface area contributed by atoms with E-state index >= 15 is 0 Å². The second kappa shape index (κ2) is 6.08. The minimum atomic E-state index is -3.37. The van der Waals surface area contributed by atoms with Crippen LogP contribution in [0.5, 0.6) is 0 Å². The number of piperidine rings is 1. The summed E-state index contributed by atoms with van der Waals surface area (Å²) in [6.07, 6.45) is 3.14. The molecular formula is C15H21ClN2O3S. The summed E-state index contributed by atoms with van der Waals surface area (Å²) in [4.78, 5) is 14.4. The third-order valence-electron chi connectivity index (χ3n) is 3.69. The number of benzene rings is 1. The molecule has 0 bridgehead atoms. The first kappa shape index (κ1) is 17.1. The van der Waals surface area contributed by atoms with Crippen molar-refractivity contribution in [2.75, 3.05) is 24.1 Å². The summed E-state index contributed by atoms with van der Waals surface area (Å²) in [7, 11) is -3.37. The third-order valence-corrected chi connectivity index (χ3v) is 4.61. The van der Waals surface area contributed by atoms with E-state index in [0.717, 1.165) is 25.6 Å². The van der Waals surface area contributed by atoms with E-state index in [4.69, 9.17) is 11.6 Å². The minimum absolute atomic E-state index is 0.108. The summed E-state index contributed by atoms with van der Waals surface area (Å²) < 4.78 is 24.8. The smallest absolute Gasteiger partial charge is 0.255 e. The highest BCUT2D eigenvalue weighted by molar-refractivity contribution is 7.92. The Hall–Kier alpha value is -1.27. The fraction of sp³-hybridized carbons (Fsp3) is 0.533. The number of carbonyl (C=O) groups is 1. The molecule has 1 amide bonds. The van der Waals surface area contributed by atoms with Crippen LogP contribution < -0.4 is 4.72 Å². The van der Waals surface area contributed by atoms with Crippen molar-refractivity contribution < 1.29 is 13.2 Å². The molecule has 1 saturated heterocycles. The van der Waals surface area contributed by atoms with Crippen LogP contribution >= 0.6 is 11.6 Å². The molecule has 1 heterocycles. The van der Waals surface area contributed by atoms with Gasteiger partial charge in [-0.3, -0.25) is 9.52 Å². The Morgan fingerprint density at radius 3 is 2.59 bits per heavy atom. The van der Waals surface area contributed by atoms with Crippen molar-refractivity contribution in [3.8, 4) is 0 Å². The third kappa shape index (κ3) is 4.36. The highest BCUT2D eigenvalue weighted by Crippen LogP contribution is 2.30. The SMILES string of the molecule is CC1(C)CCCN(C(=O)c2ccc(NS(C)(=O)=O)cc2Cl)C1. The molecule has 1 N–H and O–H groups in total. The average Bonchev–Trinajstić information content (AvgIpc) is 2.35. The molecule has 1 fully saturated rings. The Balaban J connectivity index is 2.20. The average molecular weight is 345 g/mol. The number of amides is 1. The molecule has 0 saturated carbocycles. The molecule has 1 aromatic carbocycles. The monoisotopic (exact) mass is 344 g/mol. The predicted molar refractivity (Wildman–Crippen MR) is 88.8 cm³/mol. The molecule has 0 spiro atoms. The molecule has 0 atom stereocenters. The maximum atomic E-state index is 12.6. The van der Waals surface area contributed by atoms with E-state index in [0.29, 0.717) is 17.8 Å². The van der Waals surface area contributed by atoms with Gasteiger partial charge >= 0.3 is 0 Å². The lowest BCUT2D eigenvalue weighted by atomic mass is 9.84. The Bertz CT molecular complexity index is 686. The van der Waals surface area contributed by atoms with Crippen molar-refractivity contribution in [3.05, 3.63) is 28.8 Å². The van der Waals surface area contributed by atoms with Crippen molar-refractivity contribution in [1.82, 2.24) is 4.90 Å². The molecule has 1 aromatic rings. The van der Waals surface area contributed by atoms with Crippen molar-refractivity contribution >= 4 is 33.2 Å². The van der Waals surface area contributed by atoms with Crippen LogP contribution in [0, 0.1) is 5.41 Å². The van der Waals surface area contributed by atoms with E-state index in [1.165, 1.54) is 6.07 Å². The maximum absolute atomic E-state index is 12.6. The second-order valence-corrected chi connectivity index (χ2v) is 8.72. The topological polar surface area (TPSA) is 66.5 Å². The Morgan fingerprint density at radius 2 is 2.05 bits per heavy atom. The van der Waals surface area contributed by atoms with Crippen LogP contribution in [-0.4, -0.2) is 38.6 Å². The van der Waals surface area contributed by atoms with Gasteiger partial charge in [0.05, 0.1) is 16.8 Å². The number of carbonyl (C=O) groups excluding carboxylic acids is 1. The summed E-state index contributed by atoms with van der Waals surface area (Å²) >= 11 is 6.16. The fourth-order valence-corrected chi connectivity index (χ4v) is 3.55. The first-order valence-electron chi connectivity index (χ1n) is 7.14. The van der Waals surface area contributed by atoms with E-state index in [1.807, 2.05) is 4.90 Å². The number of hydrogen-bond acceptors (Lipinski definition) is 3. The zero-order chi connectivity index (χ0) is 16.5. The Labute approximate surface area is 136 Å². The van der Waals surface area contributed by atoms with Crippen LogP contribution in [0.15, 0.2) is 18.2 Å². The van der Waals surface area contributed by atoms with E-state index in [1.54, 1.807) is 12.1 Å². The van der Waals surface area contributed by atoms with E-state index < -0.39 is 10.0 Å². The largest absolute Gasteiger partial charge is 0.338 e. The number of hydrogen-bond donors (Lipinski definition) is 1. The van der Waals surface area contributed by atoms with Crippen LogP contribution in [0.4, 0.5) is 5.69 Å². The first-order valence-corrected chi connectivity index (χ1v) is 9.41. The van der Waals surface area contributed by atoms with Crippen molar-refractivity contribution in [2.45, 2.75) is 26.7 Å². The summed E-state index contributed by atoms with van der Waals surface area (Å²) in [6, 6.07) is 4.58. The Kier molecular flexibility index (Phi) is 4.73. The summed E-state index contributed by atoms with van der Waals surface area (Å²) in [6.45, 7) is 5.72. The number of likely N-dealkylation sites (tertiary alicyclic amines) is 1. The number of anilines is 1. The zero-order valence-electron chi connectivity index (χ0n) is 13.0. The van der Waals surface area contributed by atoms with Gasteiger partial charge in [0.1, 0.15) is 0 Å². The lowest BCUT2D eigenvalue weighted by molar-refractivity contribution is 0.0583. The van der Waals surface area contributed by atoms with Crippen molar-refractivity contribution in [2.24, 2.45) is 5.41 Å². The van der Waals surface area contributed by atoms with Crippen LogP contribution in [0.1, 0.15) is 37.0 Å². The highest BCUT2D eigenvalue weighted by Gasteiger charge is 2.30. The molecule has 1 aliphatic rings. The fourth-order valence-electron chi connectivity index (χ4n) is 2.73. The maximum Gasteiger partial charge on any atom is 0.255 e. The molecular weight excluding hydrogens is 324 g/mol. The standard InChI is InChI=1S/C15H21ClN2O3S/c1-15(2)7-4-8-18(10-15)14(19)12-6-5-11(9-13(12)16)17-22(3,20)21/h5-6,9,17H,4,7-8,10H2,1-3H3. The van der Waals surface area contributed by atoms with Gasteiger partial charge in [0.25, 0.3) is 5.91 Å². The van der Waals surface area contributed by atoms with E-state index in [9.17, 15) is 13.2 Å². The number of halogens is 1. The number of nitrogens with one attached hydrogen (secondary N) is 1. The molecule has 0 unspecified atom stereocenters. The molecule has 1 aliphatic heterocycles. The number of sulfonamides is 1. The molecule has 122 valence electrons. The summed E-state index contributed by atoms with van der Waals surface area (Å²) in [5.41, 5.74) is 0.861. The second-order valence-electron chi connectivity index (χ2n) is 6.56. The predicted octanol–water partition coefficient (Wildman–Crippen LogP) is 2.97. The zero-order valence-corrected chi connectivity index (χ0v) is 14.6. The van der Waals surface area contributed by atoms with Gasteiger partial charge in [-0.2, -0.15) is 0 Å². The molecule has 0 radical (unpaired) electrons. The van der Waals surface area contributed by atoms with Gasteiger partial charge in [-0.05, 0) is 36.5 Å². The molecule has 0 aliphatic carbocycles. The van der Waals surface area contributed by atoms with Gasteiger partial charge in [-0.25, -0.2) is 8.42 Å². The molecule has 5 nitrogen and oxygen atoms in total. The van der Waals surface area contributed by atoms with Crippen LogP contribution in [-0.2, 0) is 10.0 Å². The quantitative estimate of drug-likeness (QED) is 0.916. The van der Waals surface area contributed by atoms with Gasteiger partial charge in [0.2, 0.25) is 10.0 Å². The van der Waals surface area contributed by atoms with E-state index in [2.05, 4.69) is 18.6 Å². The van der Waals surface area contributed by atoms with Gasteiger partial charge < -0.3 is 4.90 Å². The number of nitrogens with zero attached hydrogens (tertiary/aromatic N) is 1. The normalized spacial score (nSPS) is 18.1.